The lowest BCUT2D eigenvalue weighted by atomic mass is 9.78. The number of pyridine rings is 1. The molecule has 1 unspecified atom stereocenters. The van der Waals surface area contributed by atoms with Gasteiger partial charge in [0.25, 0.3) is 0 Å². The van der Waals surface area contributed by atoms with Gasteiger partial charge in [-0.05, 0) is 23.0 Å². The van der Waals surface area contributed by atoms with Crippen molar-refractivity contribution in [3.63, 3.8) is 0 Å². The lowest BCUT2D eigenvalue weighted by molar-refractivity contribution is 0.331. The highest BCUT2D eigenvalue weighted by atomic mass is 19.1. The number of hydrogen-bond donors (Lipinski definition) is 0. The Kier molecular flexibility index (Phi) is 2.69. The van der Waals surface area contributed by atoms with Crippen LogP contribution in [0.25, 0.3) is 0 Å². The Morgan fingerprint density at radius 2 is 2.00 bits per heavy atom. The molecule has 0 saturated carbocycles. The summed E-state index contributed by atoms with van der Waals surface area (Å²) in [4.78, 5) is 3.73. The first-order chi connectivity index (χ1) is 5.93. The summed E-state index contributed by atoms with van der Waals surface area (Å²) >= 11 is 0. The van der Waals surface area contributed by atoms with Gasteiger partial charge in [-0.25, -0.2) is 4.39 Å². The van der Waals surface area contributed by atoms with E-state index in [2.05, 4.69) is 25.8 Å². The van der Waals surface area contributed by atoms with E-state index in [0.717, 1.165) is 5.56 Å². The van der Waals surface area contributed by atoms with Crippen molar-refractivity contribution >= 4 is 0 Å². The summed E-state index contributed by atoms with van der Waals surface area (Å²) in [7, 11) is 0. The zero-order valence-corrected chi connectivity index (χ0v) is 8.63. The van der Waals surface area contributed by atoms with E-state index in [1.54, 1.807) is 12.3 Å². The smallest absolute Gasteiger partial charge is 0.144 e. The topological polar surface area (TPSA) is 12.9 Å². The zero-order chi connectivity index (χ0) is 10.1. The van der Waals surface area contributed by atoms with Crippen molar-refractivity contribution in [2.75, 3.05) is 0 Å². The van der Waals surface area contributed by atoms with E-state index in [4.69, 9.17) is 0 Å². The van der Waals surface area contributed by atoms with Crippen LogP contribution in [0.1, 0.15) is 39.2 Å². The lowest BCUT2D eigenvalue weighted by Crippen LogP contribution is -2.16. The van der Waals surface area contributed by atoms with Gasteiger partial charge in [0, 0.05) is 6.20 Å². The maximum absolute atomic E-state index is 13.3. The molecule has 1 rings (SSSR count). The second-order valence-corrected chi connectivity index (χ2v) is 4.48. The standard InChI is InChI=1S/C11H16FN/c1-8(11(2,3)4)9-5-6-13-7-10(9)12/h5-8H,1-4H3. The third-order valence-electron chi connectivity index (χ3n) is 2.57. The average Bonchev–Trinajstić information content (AvgIpc) is 2.02. The summed E-state index contributed by atoms with van der Waals surface area (Å²) in [5, 5.41) is 0. The van der Waals surface area contributed by atoms with Gasteiger partial charge in [-0.3, -0.25) is 4.98 Å². The molecule has 72 valence electrons. The SMILES string of the molecule is CC(c1ccncc1F)C(C)(C)C. The molecule has 13 heavy (non-hydrogen) atoms. The predicted octanol–water partition coefficient (Wildman–Crippen LogP) is 3.37. The zero-order valence-electron chi connectivity index (χ0n) is 8.63. The van der Waals surface area contributed by atoms with Crippen LogP contribution < -0.4 is 0 Å². The van der Waals surface area contributed by atoms with Crippen molar-refractivity contribution in [2.45, 2.75) is 33.6 Å². The molecule has 0 fully saturated rings. The fourth-order valence-electron chi connectivity index (χ4n) is 1.20. The Bertz CT molecular complexity index is 288. The van der Waals surface area contributed by atoms with Crippen molar-refractivity contribution in [2.24, 2.45) is 5.41 Å². The van der Waals surface area contributed by atoms with E-state index in [-0.39, 0.29) is 17.2 Å². The third kappa shape index (κ3) is 2.27. The van der Waals surface area contributed by atoms with Crippen molar-refractivity contribution in [3.05, 3.63) is 29.8 Å². The number of nitrogens with zero attached hydrogens (tertiary/aromatic N) is 1. The summed E-state index contributed by atoms with van der Waals surface area (Å²) in [6.45, 7) is 8.37. The molecule has 0 bridgehead atoms. The summed E-state index contributed by atoms with van der Waals surface area (Å²) in [6.07, 6.45) is 2.91. The Labute approximate surface area is 79.0 Å². The summed E-state index contributed by atoms with van der Waals surface area (Å²) < 4.78 is 13.3. The van der Waals surface area contributed by atoms with Crippen LogP contribution in [0.5, 0.6) is 0 Å². The van der Waals surface area contributed by atoms with Crippen LogP contribution in [0.2, 0.25) is 0 Å². The highest BCUT2D eigenvalue weighted by Gasteiger charge is 2.23. The molecule has 0 spiro atoms. The molecule has 1 heterocycles. The monoisotopic (exact) mass is 181 g/mol. The van der Waals surface area contributed by atoms with Crippen molar-refractivity contribution in [1.29, 1.82) is 0 Å². The fraction of sp³-hybridized carbons (Fsp3) is 0.545. The Morgan fingerprint density at radius 3 is 2.46 bits per heavy atom. The first-order valence-corrected chi connectivity index (χ1v) is 4.52. The Hall–Kier alpha value is -0.920. The van der Waals surface area contributed by atoms with Gasteiger partial charge in [0.15, 0.2) is 0 Å². The third-order valence-corrected chi connectivity index (χ3v) is 2.57. The molecule has 1 nitrogen and oxygen atoms in total. The molecule has 0 radical (unpaired) electrons. The van der Waals surface area contributed by atoms with Gasteiger partial charge in [0.2, 0.25) is 0 Å². The molecule has 0 amide bonds. The number of halogens is 1. The van der Waals surface area contributed by atoms with E-state index in [9.17, 15) is 4.39 Å². The van der Waals surface area contributed by atoms with E-state index in [0.29, 0.717) is 0 Å². The molecule has 0 aromatic carbocycles. The van der Waals surface area contributed by atoms with E-state index in [1.165, 1.54) is 6.20 Å². The molecule has 0 aliphatic heterocycles. The second kappa shape index (κ2) is 3.44. The van der Waals surface area contributed by atoms with Gasteiger partial charge in [0.1, 0.15) is 5.82 Å². The van der Waals surface area contributed by atoms with Crippen LogP contribution in [-0.4, -0.2) is 4.98 Å². The highest BCUT2D eigenvalue weighted by Crippen LogP contribution is 2.35. The van der Waals surface area contributed by atoms with Crippen molar-refractivity contribution in [3.8, 4) is 0 Å². The van der Waals surface area contributed by atoms with Gasteiger partial charge in [0.05, 0.1) is 6.20 Å². The summed E-state index contributed by atoms with van der Waals surface area (Å²) in [5.74, 6) is 0.000394. The van der Waals surface area contributed by atoms with Gasteiger partial charge in [-0.2, -0.15) is 0 Å². The second-order valence-electron chi connectivity index (χ2n) is 4.48. The van der Waals surface area contributed by atoms with Gasteiger partial charge < -0.3 is 0 Å². The van der Waals surface area contributed by atoms with Crippen molar-refractivity contribution in [1.82, 2.24) is 4.98 Å². The summed E-state index contributed by atoms with van der Waals surface area (Å²) in [6, 6.07) is 1.76. The molecule has 0 saturated heterocycles. The first kappa shape index (κ1) is 10.2. The minimum atomic E-state index is -0.204. The quantitative estimate of drug-likeness (QED) is 0.647. The molecular weight excluding hydrogens is 165 g/mol. The van der Waals surface area contributed by atoms with Crippen LogP contribution in [0.3, 0.4) is 0 Å². The fourth-order valence-corrected chi connectivity index (χ4v) is 1.20. The van der Waals surface area contributed by atoms with Crippen LogP contribution in [-0.2, 0) is 0 Å². The minimum absolute atomic E-state index is 0.0855. The van der Waals surface area contributed by atoms with Crippen LogP contribution in [0, 0.1) is 11.2 Å². The van der Waals surface area contributed by atoms with Crippen LogP contribution >= 0.6 is 0 Å². The molecule has 0 aliphatic carbocycles. The molecular formula is C11H16FN. The largest absolute Gasteiger partial charge is 0.262 e. The minimum Gasteiger partial charge on any atom is -0.262 e. The first-order valence-electron chi connectivity index (χ1n) is 4.52. The molecule has 1 atom stereocenters. The molecule has 0 aliphatic rings. The number of hydrogen-bond acceptors (Lipinski definition) is 1. The van der Waals surface area contributed by atoms with E-state index < -0.39 is 0 Å². The molecule has 1 aromatic heterocycles. The van der Waals surface area contributed by atoms with E-state index >= 15 is 0 Å². The number of aromatic nitrogens is 1. The number of rotatable bonds is 1. The molecule has 0 N–H and O–H groups in total. The highest BCUT2D eigenvalue weighted by molar-refractivity contribution is 5.19. The van der Waals surface area contributed by atoms with E-state index in [1.807, 2.05) is 6.92 Å². The Balaban J connectivity index is 3.02. The van der Waals surface area contributed by atoms with Gasteiger partial charge in [-0.1, -0.05) is 27.7 Å². The maximum Gasteiger partial charge on any atom is 0.144 e. The Morgan fingerprint density at radius 1 is 1.38 bits per heavy atom. The normalized spacial score (nSPS) is 14.2. The van der Waals surface area contributed by atoms with Crippen LogP contribution in [0.15, 0.2) is 18.5 Å². The van der Waals surface area contributed by atoms with Gasteiger partial charge in [-0.15, -0.1) is 0 Å². The van der Waals surface area contributed by atoms with Crippen molar-refractivity contribution < 1.29 is 4.39 Å². The predicted molar refractivity (Wildman–Crippen MR) is 52.1 cm³/mol. The lowest BCUT2D eigenvalue weighted by Gasteiger charge is -2.27. The van der Waals surface area contributed by atoms with Crippen LogP contribution in [0.4, 0.5) is 4.39 Å². The molecule has 1 aromatic rings. The maximum atomic E-state index is 13.3. The molecule has 2 heteroatoms. The van der Waals surface area contributed by atoms with Gasteiger partial charge >= 0.3 is 0 Å². The summed E-state index contributed by atoms with van der Waals surface area (Å²) in [5.41, 5.74) is 0.838. The average molecular weight is 181 g/mol.